The van der Waals surface area contributed by atoms with E-state index in [9.17, 15) is 4.79 Å². The van der Waals surface area contributed by atoms with Gasteiger partial charge >= 0.3 is 0 Å². The predicted molar refractivity (Wildman–Crippen MR) is 112 cm³/mol. The minimum absolute atomic E-state index is 0.00891. The van der Waals surface area contributed by atoms with E-state index in [1.165, 1.54) is 12.8 Å². The molecule has 1 unspecified atom stereocenters. The molecule has 6 heteroatoms. The van der Waals surface area contributed by atoms with Gasteiger partial charge in [0.25, 0.3) is 5.91 Å². The lowest BCUT2D eigenvalue weighted by atomic mass is 9.96. The Balaban J connectivity index is 1.61. The second-order valence-electron chi connectivity index (χ2n) is 9.49. The standard InChI is InChI=1S/C22H33N5O/c1-14-19-17(21(28)24-11-9-15-6-5-10-23-13-15)12-18(16-7-8-16)25-20(19)27(26-14)22(2,3)4/h12,15-16,23H,5-11,13H2,1-4H3,(H,24,28). The second-order valence-corrected chi connectivity index (χ2v) is 9.49. The van der Waals surface area contributed by atoms with Gasteiger partial charge in [0.05, 0.1) is 22.2 Å². The van der Waals surface area contributed by atoms with Crippen molar-refractivity contribution < 1.29 is 4.79 Å². The Bertz CT molecular complexity index is 869. The van der Waals surface area contributed by atoms with Crippen LogP contribution in [0, 0.1) is 12.8 Å². The lowest BCUT2D eigenvalue weighted by molar-refractivity contribution is 0.0952. The summed E-state index contributed by atoms with van der Waals surface area (Å²) in [6.45, 7) is 11.3. The fraction of sp³-hybridized carbons (Fsp3) is 0.682. The zero-order chi connectivity index (χ0) is 19.9. The maximum atomic E-state index is 13.1. The molecule has 1 aliphatic carbocycles. The van der Waals surface area contributed by atoms with Crippen LogP contribution in [-0.4, -0.2) is 40.3 Å². The summed E-state index contributed by atoms with van der Waals surface area (Å²) in [7, 11) is 0. The molecule has 1 amide bonds. The fourth-order valence-corrected chi connectivity index (χ4v) is 4.20. The quantitative estimate of drug-likeness (QED) is 0.829. The van der Waals surface area contributed by atoms with E-state index < -0.39 is 0 Å². The number of hydrogen-bond donors (Lipinski definition) is 2. The van der Waals surface area contributed by atoms with E-state index in [1.807, 2.05) is 17.7 Å². The molecule has 2 aromatic rings. The van der Waals surface area contributed by atoms with Crippen molar-refractivity contribution in [1.82, 2.24) is 25.4 Å². The maximum Gasteiger partial charge on any atom is 0.252 e. The summed E-state index contributed by atoms with van der Waals surface area (Å²) < 4.78 is 1.98. The minimum atomic E-state index is -0.177. The number of aryl methyl sites for hydroxylation is 1. The molecule has 6 nitrogen and oxygen atoms in total. The summed E-state index contributed by atoms with van der Waals surface area (Å²) >= 11 is 0. The third-order valence-corrected chi connectivity index (χ3v) is 5.95. The molecule has 2 fully saturated rings. The van der Waals surface area contributed by atoms with E-state index in [2.05, 4.69) is 31.4 Å². The van der Waals surface area contributed by atoms with Gasteiger partial charge < -0.3 is 10.6 Å². The number of amides is 1. The molecule has 2 aromatic heterocycles. The first kappa shape index (κ1) is 19.4. The van der Waals surface area contributed by atoms with Crippen LogP contribution >= 0.6 is 0 Å². The Labute approximate surface area is 167 Å². The van der Waals surface area contributed by atoms with E-state index in [0.29, 0.717) is 11.8 Å². The SMILES string of the molecule is Cc1nn(C(C)(C)C)c2nc(C3CC3)cc(C(=O)NCCC3CCCNC3)c12. The van der Waals surface area contributed by atoms with Crippen LogP contribution in [0.2, 0.25) is 0 Å². The highest BCUT2D eigenvalue weighted by atomic mass is 16.1. The summed E-state index contributed by atoms with van der Waals surface area (Å²) in [6, 6.07) is 2.01. The summed E-state index contributed by atoms with van der Waals surface area (Å²) in [5.41, 5.74) is 3.32. The van der Waals surface area contributed by atoms with Gasteiger partial charge in [-0.15, -0.1) is 0 Å². The average Bonchev–Trinajstić information content (AvgIpc) is 3.45. The smallest absolute Gasteiger partial charge is 0.252 e. The largest absolute Gasteiger partial charge is 0.352 e. The molecule has 1 saturated carbocycles. The highest BCUT2D eigenvalue weighted by Gasteiger charge is 2.30. The molecule has 2 aliphatic rings. The Morgan fingerprint density at radius 2 is 2.11 bits per heavy atom. The van der Waals surface area contributed by atoms with Crippen LogP contribution in [0.15, 0.2) is 6.07 Å². The highest BCUT2D eigenvalue weighted by Crippen LogP contribution is 2.41. The Hall–Kier alpha value is -1.95. The van der Waals surface area contributed by atoms with Gasteiger partial charge in [-0.05, 0) is 84.9 Å². The van der Waals surface area contributed by atoms with Gasteiger partial charge in [0.15, 0.2) is 5.65 Å². The Morgan fingerprint density at radius 3 is 2.75 bits per heavy atom. The number of nitrogens with one attached hydrogen (secondary N) is 2. The van der Waals surface area contributed by atoms with Crippen LogP contribution in [0.25, 0.3) is 11.0 Å². The van der Waals surface area contributed by atoms with Gasteiger partial charge in [0, 0.05) is 18.2 Å². The first-order valence-corrected chi connectivity index (χ1v) is 10.7. The number of aromatic nitrogens is 3. The van der Waals surface area contributed by atoms with Gasteiger partial charge in [0.1, 0.15) is 0 Å². The van der Waals surface area contributed by atoms with E-state index in [1.54, 1.807) is 0 Å². The third kappa shape index (κ3) is 3.93. The van der Waals surface area contributed by atoms with E-state index >= 15 is 0 Å². The van der Waals surface area contributed by atoms with E-state index in [0.717, 1.165) is 66.9 Å². The Kier molecular flexibility index (Phi) is 5.17. The molecule has 1 aliphatic heterocycles. The van der Waals surface area contributed by atoms with Crippen LogP contribution in [0.3, 0.4) is 0 Å². The zero-order valence-corrected chi connectivity index (χ0v) is 17.6. The highest BCUT2D eigenvalue weighted by molar-refractivity contribution is 6.06. The van der Waals surface area contributed by atoms with Crippen molar-refractivity contribution in [2.24, 2.45) is 5.92 Å². The molecular weight excluding hydrogens is 350 g/mol. The first-order chi connectivity index (χ1) is 13.3. The molecule has 3 heterocycles. The summed E-state index contributed by atoms with van der Waals surface area (Å²) in [6.07, 6.45) is 5.85. The first-order valence-electron chi connectivity index (χ1n) is 10.7. The lowest BCUT2D eigenvalue weighted by Crippen LogP contribution is -2.33. The predicted octanol–water partition coefficient (Wildman–Crippen LogP) is 3.49. The number of fused-ring (bicyclic) bond motifs is 1. The van der Waals surface area contributed by atoms with Crippen LogP contribution < -0.4 is 10.6 Å². The molecular formula is C22H33N5O. The lowest BCUT2D eigenvalue weighted by Gasteiger charge is -2.22. The van der Waals surface area contributed by atoms with Crippen molar-refractivity contribution in [1.29, 1.82) is 0 Å². The molecule has 4 rings (SSSR count). The van der Waals surface area contributed by atoms with Crippen molar-refractivity contribution in [3.63, 3.8) is 0 Å². The van der Waals surface area contributed by atoms with Crippen molar-refractivity contribution in [3.05, 3.63) is 23.0 Å². The molecule has 2 N–H and O–H groups in total. The molecule has 1 saturated heterocycles. The molecule has 28 heavy (non-hydrogen) atoms. The molecule has 1 atom stereocenters. The number of carbonyl (C=O) groups is 1. The maximum absolute atomic E-state index is 13.1. The molecule has 0 spiro atoms. The Morgan fingerprint density at radius 1 is 1.32 bits per heavy atom. The van der Waals surface area contributed by atoms with Gasteiger partial charge in [-0.1, -0.05) is 0 Å². The number of carbonyl (C=O) groups excluding carboxylic acids is 1. The van der Waals surface area contributed by atoms with Crippen LogP contribution in [0.5, 0.6) is 0 Å². The minimum Gasteiger partial charge on any atom is -0.352 e. The second kappa shape index (κ2) is 7.47. The van der Waals surface area contributed by atoms with Crippen LogP contribution in [-0.2, 0) is 5.54 Å². The summed E-state index contributed by atoms with van der Waals surface area (Å²) in [5, 5.41) is 12.3. The van der Waals surface area contributed by atoms with Crippen molar-refractivity contribution in [2.75, 3.05) is 19.6 Å². The summed E-state index contributed by atoms with van der Waals surface area (Å²) in [4.78, 5) is 18.0. The number of piperidine rings is 1. The number of hydrogen-bond acceptors (Lipinski definition) is 4. The molecule has 0 aromatic carbocycles. The van der Waals surface area contributed by atoms with Crippen LogP contribution in [0.4, 0.5) is 0 Å². The van der Waals surface area contributed by atoms with Crippen molar-refractivity contribution in [3.8, 4) is 0 Å². The normalized spacial score (nSPS) is 20.5. The number of nitrogens with zero attached hydrogens (tertiary/aromatic N) is 3. The molecule has 0 radical (unpaired) electrons. The summed E-state index contributed by atoms with van der Waals surface area (Å²) in [5.74, 6) is 1.17. The average molecular weight is 384 g/mol. The van der Waals surface area contributed by atoms with E-state index in [4.69, 9.17) is 10.1 Å². The van der Waals surface area contributed by atoms with Crippen molar-refractivity contribution in [2.45, 2.75) is 71.3 Å². The fourth-order valence-electron chi connectivity index (χ4n) is 4.20. The molecule has 0 bridgehead atoms. The zero-order valence-electron chi connectivity index (χ0n) is 17.6. The van der Waals surface area contributed by atoms with Gasteiger partial charge in [-0.3, -0.25) is 4.79 Å². The third-order valence-electron chi connectivity index (χ3n) is 5.95. The van der Waals surface area contributed by atoms with Gasteiger partial charge in [0.2, 0.25) is 0 Å². The number of rotatable bonds is 5. The van der Waals surface area contributed by atoms with Gasteiger partial charge in [-0.2, -0.15) is 5.10 Å². The topological polar surface area (TPSA) is 71.8 Å². The van der Waals surface area contributed by atoms with Crippen LogP contribution in [0.1, 0.15) is 80.5 Å². The van der Waals surface area contributed by atoms with Crippen molar-refractivity contribution >= 4 is 16.9 Å². The monoisotopic (exact) mass is 383 g/mol. The number of pyridine rings is 1. The van der Waals surface area contributed by atoms with E-state index in [-0.39, 0.29) is 11.4 Å². The van der Waals surface area contributed by atoms with Gasteiger partial charge in [-0.25, -0.2) is 9.67 Å². The molecule has 152 valence electrons.